The topological polar surface area (TPSA) is 64.9 Å². The normalized spacial score (nSPS) is 8.86. The van der Waals surface area contributed by atoms with Crippen molar-refractivity contribution in [3.63, 3.8) is 0 Å². The molecule has 14 heavy (non-hydrogen) atoms. The van der Waals surface area contributed by atoms with Crippen LogP contribution >= 0.6 is 0 Å². The van der Waals surface area contributed by atoms with Crippen molar-refractivity contribution in [1.82, 2.24) is 0 Å². The van der Waals surface area contributed by atoms with Crippen molar-refractivity contribution < 1.29 is 4.79 Å². The first-order valence-electron chi connectivity index (χ1n) is 4.21. The number of hydrogen-bond acceptors (Lipinski definition) is 3. The summed E-state index contributed by atoms with van der Waals surface area (Å²) in [6, 6.07) is 9.19. The SMILES string of the molecule is CC(=O)Nc1cccc(NCC#N)c1. The van der Waals surface area contributed by atoms with Gasteiger partial charge in [0.25, 0.3) is 0 Å². The van der Waals surface area contributed by atoms with Crippen LogP contribution in [0.2, 0.25) is 0 Å². The van der Waals surface area contributed by atoms with E-state index in [0.717, 1.165) is 11.4 Å². The molecule has 0 bridgehead atoms. The zero-order valence-corrected chi connectivity index (χ0v) is 7.87. The van der Waals surface area contributed by atoms with Crippen LogP contribution in [-0.2, 0) is 4.79 Å². The smallest absolute Gasteiger partial charge is 0.221 e. The van der Waals surface area contributed by atoms with Crippen LogP contribution in [0.15, 0.2) is 24.3 Å². The van der Waals surface area contributed by atoms with Gasteiger partial charge in [0.2, 0.25) is 5.91 Å². The predicted octanol–water partition coefficient (Wildman–Crippen LogP) is 1.58. The van der Waals surface area contributed by atoms with Crippen molar-refractivity contribution >= 4 is 17.3 Å². The number of amides is 1. The lowest BCUT2D eigenvalue weighted by atomic mass is 10.2. The fourth-order valence-corrected chi connectivity index (χ4v) is 1.05. The van der Waals surface area contributed by atoms with E-state index in [-0.39, 0.29) is 12.5 Å². The zero-order valence-electron chi connectivity index (χ0n) is 7.87. The highest BCUT2D eigenvalue weighted by Crippen LogP contribution is 2.14. The molecule has 0 aliphatic carbocycles. The Morgan fingerprint density at radius 3 is 2.86 bits per heavy atom. The van der Waals surface area contributed by atoms with E-state index in [0.29, 0.717) is 0 Å². The van der Waals surface area contributed by atoms with E-state index in [4.69, 9.17) is 5.26 Å². The molecule has 2 N–H and O–H groups in total. The molecule has 0 unspecified atom stereocenters. The van der Waals surface area contributed by atoms with Gasteiger partial charge in [0.15, 0.2) is 0 Å². The van der Waals surface area contributed by atoms with E-state index in [9.17, 15) is 4.79 Å². The molecule has 1 amide bonds. The predicted molar refractivity (Wildman–Crippen MR) is 54.8 cm³/mol. The number of rotatable bonds is 3. The lowest BCUT2D eigenvalue weighted by Crippen LogP contribution is -2.06. The molecule has 0 radical (unpaired) electrons. The third-order valence-corrected chi connectivity index (χ3v) is 1.55. The first-order chi connectivity index (χ1) is 6.72. The summed E-state index contributed by atoms with van der Waals surface area (Å²) in [6.45, 7) is 1.71. The quantitative estimate of drug-likeness (QED) is 0.709. The van der Waals surface area contributed by atoms with Gasteiger partial charge in [-0.25, -0.2) is 0 Å². The average molecular weight is 189 g/mol. The first-order valence-corrected chi connectivity index (χ1v) is 4.21. The Hall–Kier alpha value is -2.02. The van der Waals surface area contributed by atoms with E-state index >= 15 is 0 Å². The number of carbonyl (C=O) groups is 1. The molecule has 0 saturated heterocycles. The van der Waals surface area contributed by atoms with E-state index in [1.54, 1.807) is 12.1 Å². The number of nitrogens with zero attached hydrogens (tertiary/aromatic N) is 1. The summed E-state index contributed by atoms with van der Waals surface area (Å²) in [5, 5.41) is 13.9. The number of nitrogens with one attached hydrogen (secondary N) is 2. The molecule has 0 atom stereocenters. The summed E-state index contributed by atoms with van der Waals surface area (Å²) < 4.78 is 0. The number of nitriles is 1. The molecule has 0 heterocycles. The van der Waals surface area contributed by atoms with Crippen LogP contribution in [0.25, 0.3) is 0 Å². The van der Waals surface area contributed by atoms with Crippen molar-refractivity contribution in [1.29, 1.82) is 5.26 Å². The van der Waals surface area contributed by atoms with E-state index in [1.165, 1.54) is 6.92 Å². The summed E-state index contributed by atoms with van der Waals surface area (Å²) in [5.74, 6) is -0.109. The van der Waals surface area contributed by atoms with Gasteiger partial charge < -0.3 is 10.6 Å². The van der Waals surface area contributed by atoms with E-state index in [2.05, 4.69) is 10.6 Å². The number of anilines is 2. The summed E-state index contributed by atoms with van der Waals surface area (Å²) >= 11 is 0. The van der Waals surface area contributed by atoms with Crippen molar-refractivity contribution in [2.45, 2.75) is 6.92 Å². The van der Waals surface area contributed by atoms with Gasteiger partial charge in [-0.05, 0) is 18.2 Å². The lowest BCUT2D eigenvalue weighted by molar-refractivity contribution is -0.114. The van der Waals surface area contributed by atoms with Gasteiger partial charge in [0.05, 0.1) is 6.07 Å². The summed E-state index contributed by atoms with van der Waals surface area (Å²) in [6.07, 6.45) is 0. The van der Waals surface area contributed by atoms with Crippen LogP contribution < -0.4 is 10.6 Å². The van der Waals surface area contributed by atoms with Crippen LogP contribution in [0.4, 0.5) is 11.4 Å². The molecule has 1 aromatic rings. The molecular weight excluding hydrogens is 178 g/mol. The largest absolute Gasteiger partial charge is 0.372 e. The Morgan fingerprint density at radius 1 is 1.50 bits per heavy atom. The van der Waals surface area contributed by atoms with Crippen molar-refractivity contribution in [2.24, 2.45) is 0 Å². The minimum Gasteiger partial charge on any atom is -0.372 e. The van der Waals surface area contributed by atoms with Gasteiger partial charge in [-0.1, -0.05) is 6.07 Å². The number of benzene rings is 1. The van der Waals surface area contributed by atoms with Crippen LogP contribution in [0.3, 0.4) is 0 Å². The van der Waals surface area contributed by atoms with Gasteiger partial charge in [-0.2, -0.15) is 5.26 Å². The molecular formula is C10H11N3O. The fourth-order valence-electron chi connectivity index (χ4n) is 1.05. The van der Waals surface area contributed by atoms with Crippen molar-refractivity contribution in [3.05, 3.63) is 24.3 Å². The Bertz CT molecular complexity index is 368. The van der Waals surface area contributed by atoms with Gasteiger partial charge in [-0.3, -0.25) is 4.79 Å². The van der Waals surface area contributed by atoms with Gasteiger partial charge >= 0.3 is 0 Å². The average Bonchev–Trinajstić information content (AvgIpc) is 2.14. The molecule has 1 aromatic carbocycles. The number of carbonyl (C=O) groups excluding carboxylic acids is 1. The molecule has 0 aliphatic heterocycles. The maximum absolute atomic E-state index is 10.8. The Labute approximate surface area is 82.5 Å². The van der Waals surface area contributed by atoms with Crippen LogP contribution in [0, 0.1) is 11.3 Å². The van der Waals surface area contributed by atoms with Crippen LogP contribution in [-0.4, -0.2) is 12.5 Å². The minimum absolute atomic E-state index is 0.109. The highest BCUT2D eigenvalue weighted by Gasteiger charge is 1.96. The third-order valence-electron chi connectivity index (χ3n) is 1.55. The van der Waals surface area contributed by atoms with Gasteiger partial charge in [0, 0.05) is 18.3 Å². The van der Waals surface area contributed by atoms with Crippen molar-refractivity contribution in [2.75, 3.05) is 17.2 Å². The minimum atomic E-state index is -0.109. The second-order valence-electron chi connectivity index (χ2n) is 2.77. The molecule has 0 saturated carbocycles. The molecule has 0 spiro atoms. The summed E-state index contributed by atoms with van der Waals surface area (Å²) in [7, 11) is 0. The maximum atomic E-state index is 10.8. The molecule has 0 aliphatic rings. The van der Waals surface area contributed by atoms with Gasteiger partial charge in [0.1, 0.15) is 6.54 Å². The fraction of sp³-hybridized carbons (Fsp3) is 0.200. The molecule has 4 heteroatoms. The third kappa shape index (κ3) is 3.15. The highest BCUT2D eigenvalue weighted by atomic mass is 16.1. The molecule has 1 rings (SSSR count). The Morgan fingerprint density at radius 2 is 2.21 bits per heavy atom. The molecule has 4 nitrogen and oxygen atoms in total. The number of hydrogen-bond donors (Lipinski definition) is 2. The second-order valence-corrected chi connectivity index (χ2v) is 2.77. The first kappa shape index (κ1) is 10.1. The van der Waals surface area contributed by atoms with E-state index in [1.807, 2.05) is 18.2 Å². The monoisotopic (exact) mass is 189 g/mol. The zero-order chi connectivity index (χ0) is 10.4. The van der Waals surface area contributed by atoms with E-state index < -0.39 is 0 Å². The Balaban J connectivity index is 2.69. The standard InChI is InChI=1S/C10H11N3O/c1-8(14)13-10-4-2-3-9(7-10)12-6-5-11/h2-4,7,12H,6H2,1H3,(H,13,14). The maximum Gasteiger partial charge on any atom is 0.221 e. The lowest BCUT2D eigenvalue weighted by Gasteiger charge is -2.05. The van der Waals surface area contributed by atoms with Crippen LogP contribution in [0.1, 0.15) is 6.92 Å². The molecule has 72 valence electrons. The summed E-state index contributed by atoms with van der Waals surface area (Å²) in [4.78, 5) is 10.8. The summed E-state index contributed by atoms with van der Waals surface area (Å²) in [5.41, 5.74) is 1.54. The Kier molecular flexibility index (Phi) is 3.50. The van der Waals surface area contributed by atoms with Crippen molar-refractivity contribution in [3.8, 4) is 6.07 Å². The van der Waals surface area contributed by atoms with Crippen LogP contribution in [0.5, 0.6) is 0 Å². The molecule has 0 fully saturated rings. The molecule has 0 aromatic heterocycles. The second kappa shape index (κ2) is 4.87. The van der Waals surface area contributed by atoms with Gasteiger partial charge in [-0.15, -0.1) is 0 Å². The highest BCUT2D eigenvalue weighted by molar-refractivity contribution is 5.89.